The van der Waals surface area contributed by atoms with Gasteiger partial charge in [-0.25, -0.2) is 0 Å². The quantitative estimate of drug-likeness (QED) is 0.723. The van der Waals surface area contributed by atoms with Gasteiger partial charge in [0.1, 0.15) is 12.2 Å². The minimum absolute atomic E-state index is 0.125. The highest BCUT2D eigenvalue weighted by molar-refractivity contribution is 7.08. The van der Waals surface area contributed by atoms with E-state index < -0.39 is 0 Å². The first kappa shape index (κ1) is 16.0. The monoisotopic (exact) mass is 352 g/mol. The van der Waals surface area contributed by atoms with Gasteiger partial charge in [-0.1, -0.05) is 30.3 Å². The van der Waals surface area contributed by atoms with Crippen molar-refractivity contribution in [3.63, 3.8) is 0 Å². The Balaban J connectivity index is 1.50. The van der Waals surface area contributed by atoms with Crippen LogP contribution in [0.1, 0.15) is 40.5 Å². The Labute approximate surface area is 150 Å². The summed E-state index contributed by atoms with van der Waals surface area (Å²) in [7, 11) is 0. The summed E-state index contributed by atoms with van der Waals surface area (Å²) in [5.41, 5.74) is 2.02. The topological polar surface area (TPSA) is 51.0 Å². The number of hydrogen-bond donors (Lipinski definition) is 0. The number of carbonyl (C=O) groups is 1. The molecule has 0 N–H and O–H groups in total. The first-order valence-electron chi connectivity index (χ1n) is 8.54. The van der Waals surface area contributed by atoms with Gasteiger partial charge >= 0.3 is 0 Å². The number of piperidine rings is 1. The Morgan fingerprint density at radius 2 is 2.12 bits per heavy atom. The molecule has 128 valence electrons. The number of carbonyl (C=O) groups excluding carboxylic acids is 1. The first-order chi connectivity index (χ1) is 12.3. The van der Waals surface area contributed by atoms with Crippen LogP contribution < -0.4 is 0 Å². The van der Waals surface area contributed by atoms with Crippen molar-refractivity contribution in [1.29, 1.82) is 0 Å². The molecule has 0 saturated carbocycles. The fourth-order valence-corrected chi connectivity index (χ4v) is 4.05. The molecule has 25 heavy (non-hydrogen) atoms. The number of thiophene rings is 1. The van der Waals surface area contributed by atoms with E-state index in [2.05, 4.69) is 26.9 Å². The van der Waals surface area contributed by atoms with Gasteiger partial charge < -0.3 is 9.47 Å². The lowest BCUT2D eigenvalue weighted by atomic mass is 9.96. The third-order valence-electron chi connectivity index (χ3n) is 4.68. The number of rotatable bonds is 4. The summed E-state index contributed by atoms with van der Waals surface area (Å²) in [5, 5.41) is 12.4. The third-order valence-corrected chi connectivity index (χ3v) is 5.37. The van der Waals surface area contributed by atoms with Crippen LogP contribution >= 0.6 is 11.3 Å². The molecule has 1 atom stereocenters. The Bertz CT molecular complexity index is 828. The van der Waals surface area contributed by atoms with Gasteiger partial charge in [-0.2, -0.15) is 11.3 Å². The van der Waals surface area contributed by atoms with Crippen LogP contribution in [0.25, 0.3) is 0 Å². The van der Waals surface area contributed by atoms with Crippen molar-refractivity contribution in [2.75, 3.05) is 13.1 Å². The number of hydrogen-bond acceptors (Lipinski definition) is 4. The molecule has 3 heterocycles. The van der Waals surface area contributed by atoms with Crippen LogP contribution in [0, 0.1) is 0 Å². The summed E-state index contributed by atoms with van der Waals surface area (Å²) in [6.45, 7) is 2.29. The number of benzene rings is 1. The van der Waals surface area contributed by atoms with E-state index in [0.717, 1.165) is 37.3 Å². The molecule has 0 radical (unpaired) electrons. The van der Waals surface area contributed by atoms with Gasteiger partial charge in [-0.3, -0.25) is 4.79 Å². The summed E-state index contributed by atoms with van der Waals surface area (Å²) < 4.78 is 2.11. The zero-order valence-electron chi connectivity index (χ0n) is 13.9. The number of likely N-dealkylation sites (tertiary alicyclic amines) is 1. The van der Waals surface area contributed by atoms with E-state index in [4.69, 9.17) is 0 Å². The largest absolute Gasteiger partial charge is 0.338 e. The summed E-state index contributed by atoms with van der Waals surface area (Å²) in [6.07, 6.45) is 3.83. The van der Waals surface area contributed by atoms with Gasteiger partial charge in [0, 0.05) is 24.4 Å². The molecule has 1 amide bonds. The van der Waals surface area contributed by atoms with E-state index in [-0.39, 0.29) is 11.8 Å². The van der Waals surface area contributed by atoms with Crippen LogP contribution in [0.3, 0.4) is 0 Å². The molecular weight excluding hydrogens is 332 g/mol. The smallest absolute Gasteiger partial charge is 0.254 e. The zero-order chi connectivity index (χ0) is 17.1. The second-order valence-electron chi connectivity index (χ2n) is 6.40. The van der Waals surface area contributed by atoms with Gasteiger partial charge in [-0.15, -0.1) is 10.2 Å². The Morgan fingerprint density at radius 3 is 2.92 bits per heavy atom. The van der Waals surface area contributed by atoms with Crippen molar-refractivity contribution in [1.82, 2.24) is 19.7 Å². The summed E-state index contributed by atoms with van der Waals surface area (Å²) in [5.74, 6) is 1.34. The Kier molecular flexibility index (Phi) is 4.61. The molecule has 0 aliphatic carbocycles. The van der Waals surface area contributed by atoms with E-state index in [1.807, 2.05) is 39.9 Å². The molecule has 1 aliphatic rings. The summed E-state index contributed by atoms with van der Waals surface area (Å²) in [6, 6.07) is 12.2. The van der Waals surface area contributed by atoms with Crippen molar-refractivity contribution in [2.24, 2.45) is 0 Å². The maximum atomic E-state index is 12.6. The molecule has 4 rings (SSSR count). The maximum Gasteiger partial charge on any atom is 0.254 e. The van der Waals surface area contributed by atoms with Crippen molar-refractivity contribution in [3.05, 3.63) is 70.4 Å². The van der Waals surface area contributed by atoms with E-state index in [9.17, 15) is 4.79 Å². The highest BCUT2D eigenvalue weighted by Gasteiger charge is 2.28. The number of amides is 1. The standard InChI is InChI=1S/C19H20N4OS/c24-19(17-8-10-25-13-17)22-9-4-7-16(12-22)18-21-20-14-23(18)11-15-5-2-1-3-6-15/h1-3,5-6,8,10,13-14,16H,4,7,9,11-12H2. The lowest BCUT2D eigenvalue weighted by Gasteiger charge is -2.32. The average molecular weight is 352 g/mol. The normalized spacial score (nSPS) is 17.6. The third kappa shape index (κ3) is 3.49. The zero-order valence-corrected chi connectivity index (χ0v) is 14.7. The van der Waals surface area contributed by atoms with Crippen LogP contribution in [0.15, 0.2) is 53.5 Å². The molecule has 1 aromatic carbocycles. The molecule has 1 saturated heterocycles. The highest BCUT2D eigenvalue weighted by atomic mass is 32.1. The average Bonchev–Trinajstić information content (AvgIpc) is 3.34. The molecule has 0 spiro atoms. The number of aromatic nitrogens is 3. The molecule has 5 nitrogen and oxygen atoms in total. The molecule has 1 aliphatic heterocycles. The van der Waals surface area contributed by atoms with Gasteiger partial charge in [-0.05, 0) is 29.9 Å². The predicted octanol–water partition coefficient (Wildman–Crippen LogP) is 3.41. The van der Waals surface area contributed by atoms with Crippen molar-refractivity contribution < 1.29 is 4.79 Å². The van der Waals surface area contributed by atoms with Crippen LogP contribution in [0.4, 0.5) is 0 Å². The van der Waals surface area contributed by atoms with Gasteiger partial charge in [0.15, 0.2) is 0 Å². The van der Waals surface area contributed by atoms with E-state index in [1.54, 1.807) is 17.7 Å². The van der Waals surface area contributed by atoms with Gasteiger partial charge in [0.05, 0.1) is 12.1 Å². The predicted molar refractivity (Wildman–Crippen MR) is 97.8 cm³/mol. The van der Waals surface area contributed by atoms with E-state index >= 15 is 0 Å². The fraction of sp³-hybridized carbons (Fsp3) is 0.316. The highest BCUT2D eigenvalue weighted by Crippen LogP contribution is 2.27. The minimum Gasteiger partial charge on any atom is -0.338 e. The first-order valence-corrected chi connectivity index (χ1v) is 9.48. The van der Waals surface area contributed by atoms with Crippen LogP contribution in [-0.4, -0.2) is 38.7 Å². The molecule has 2 aromatic heterocycles. The minimum atomic E-state index is 0.125. The molecule has 0 bridgehead atoms. The summed E-state index contributed by atoms with van der Waals surface area (Å²) >= 11 is 1.56. The van der Waals surface area contributed by atoms with E-state index in [1.165, 1.54) is 5.56 Å². The molecule has 6 heteroatoms. The maximum absolute atomic E-state index is 12.6. The van der Waals surface area contributed by atoms with Crippen molar-refractivity contribution in [3.8, 4) is 0 Å². The fourth-order valence-electron chi connectivity index (χ4n) is 3.42. The molecule has 1 unspecified atom stereocenters. The van der Waals surface area contributed by atoms with Crippen molar-refractivity contribution >= 4 is 17.2 Å². The lowest BCUT2D eigenvalue weighted by molar-refractivity contribution is 0.0704. The second kappa shape index (κ2) is 7.19. The molecule has 1 fully saturated rings. The van der Waals surface area contributed by atoms with E-state index in [0.29, 0.717) is 6.54 Å². The van der Waals surface area contributed by atoms with Crippen molar-refractivity contribution in [2.45, 2.75) is 25.3 Å². The number of nitrogens with zero attached hydrogens (tertiary/aromatic N) is 4. The second-order valence-corrected chi connectivity index (χ2v) is 7.19. The lowest BCUT2D eigenvalue weighted by Crippen LogP contribution is -2.39. The van der Waals surface area contributed by atoms with Gasteiger partial charge in [0.2, 0.25) is 0 Å². The Hall–Kier alpha value is -2.47. The van der Waals surface area contributed by atoms with Crippen LogP contribution in [0.2, 0.25) is 0 Å². The molecular formula is C19H20N4OS. The van der Waals surface area contributed by atoms with Gasteiger partial charge in [0.25, 0.3) is 5.91 Å². The molecule has 3 aromatic rings. The van der Waals surface area contributed by atoms with Crippen LogP contribution in [0.5, 0.6) is 0 Å². The Morgan fingerprint density at radius 1 is 1.24 bits per heavy atom. The SMILES string of the molecule is O=C(c1ccsc1)N1CCCC(c2nncn2Cc2ccccc2)C1. The van der Waals surface area contributed by atoms with Crippen LogP contribution in [-0.2, 0) is 6.54 Å². The summed E-state index contributed by atoms with van der Waals surface area (Å²) in [4.78, 5) is 14.6.